The molecule has 7 nitrogen and oxygen atoms in total. The maximum atomic E-state index is 12.9. The number of nitrogens with zero attached hydrogens (tertiary/aromatic N) is 3. The molecule has 0 atom stereocenters. The number of hydrogen-bond acceptors (Lipinski definition) is 5. The molecule has 0 aliphatic rings. The van der Waals surface area contributed by atoms with Crippen LogP contribution in [0.15, 0.2) is 79.1 Å². The largest absolute Gasteiger partial charge is 0.489 e. The van der Waals surface area contributed by atoms with E-state index in [2.05, 4.69) is 15.4 Å². The first-order chi connectivity index (χ1) is 15.5. The highest BCUT2D eigenvalue weighted by atomic mass is 16.5. The van der Waals surface area contributed by atoms with Crippen molar-refractivity contribution in [3.8, 4) is 11.4 Å². The zero-order valence-electron chi connectivity index (χ0n) is 17.8. The first kappa shape index (κ1) is 21.0. The minimum Gasteiger partial charge on any atom is -0.489 e. The maximum absolute atomic E-state index is 12.9. The van der Waals surface area contributed by atoms with E-state index in [1.807, 2.05) is 42.5 Å². The Kier molecular flexibility index (Phi) is 6.07. The minimum atomic E-state index is -0.728. The van der Waals surface area contributed by atoms with Gasteiger partial charge in [0.15, 0.2) is 0 Å². The molecule has 0 radical (unpaired) electrons. The van der Waals surface area contributed by atoms with Crippen LogP contribution in [0.25, 0.3) is 5.69 Å². The van der Waals surface area contributed by atoms with Gasteiger partial charge in [-0.05, 0) is 44.2 Å². The number of rotatable bonds is 7. The summed E-state index contributed by atoms with van der Waals surface area (Å²) in [6.07, 6.45) is 3.42. The number of amides is 1. The Balaban J connectivity index is 1.48. The van der Waals surface area contributed by atoms with Crippen LogP contribution in [0.5, 0.6) is 5.75 Å². The quantitative estimate of drug-likeness (QED) is 0.352. The summed E-state index contributed by atoms with van der Waals surface area (Å²) >= 11 is 0. The number of nitrogens with one attached hydrogen (secondary N) is 1. The molecule has 0 aliphatic heterocycles. The Morgan fingerprint density at radius 3 is 2.56 bits per heavy atom. The number of carbonyl (C=O) groups excluding carboxylic acids is 2. The van der Waals surface area contributed by atoms with Gasteiger partial charge < -0.3 is 10.1 Å². The van der Waals surface area contributed by atoms with Crippen LogP contribution in [0.2, 0.25) is 0 Å². The average Bonchev–Trinajstić information content (AvgIpc) is 3.12. The lowest BCUT2D eigenvalue weighted by atomic mass is 10.1. The number of pyridine rings is 1. The summed E-state index contributed by atoms with van der Waals surface area (Å²) in [5, 5.41) is 7.11. The molecule has 0 saturated heterocycles. The number of aromatic nitrogens is 3. The Morgan fingerprint density at radius 1 is 1.00 bits per heavy atom. The predicted octanol–water partition coefficient (Wildman–Crippen LogP) is 4.28. The van der Waals surface area contributed by atoms with Gasteiger partial charge in [0.1, 0.15) is 12.4 Å². The molecule has 0 bridgehead atoms. The summed E-state index contributed by atoms with van der Waals surface area (Å²) in [4.78, 5) is 29.7. The second kappa shape index (κ2) is 9.26. The lowest BCUT2D eigenvalue weighted by Gasteiger charge is -2.09. The van der Waals surface area contributed by atoms with Gasteiger partial charge in [-0.3, -0.25) is 14.6 Å². The molecule has 1 amide bonds. The monoisotopic (exact) mass is 426 g/mol. The highest BCUT2D eigenvalue weighted by molar-refractivity contribution is 6.47. The molecular weight excluding hydrogens is 404 g/mol. The van der Waals surface area contributed by atoms with E-state index in [0.29, 0.717) is 35.0 Å². The average molecular weight is 426 g/mol. The van der Waals surface area contributed by atoms with Crippen molar-refractivity contribution in [2.24, 2.45) is 0 Å². The van der Waals surface area contributed by atoms with E-state index in [-0.39, 0.29) is 0 Å². The molecule has 7 heteroatoms. The molecule has 32 heavy (non-hydrogen) atoms. The first-order valence-corrected chi connectivity index (χ1v) is 10.1. The van der Waals surface area contributed by atoms with Crippen molar-refractivity contribution in [1.82, 2.24) is 14.8 Å². The number of carbonyl (C=O) groups is 2. The summed E-state index contributed by atoms with van der Waals surface area (Å²) < 4.78 is 7.43. The summed E-state index contributed by atoms with van der Waals surface area (Å²) in [5.74, 6) is -0.791. The summed E-state index contributed by atoms with van der Waals surface area (Å²) in [6, 6.07) is 20.1. The van der Waals surface area contributed by atoms with E-state index in [4.69, 9.17) is 4.74 Å². The Hall–Kier alpha value is -4.26. The molecule has 2 aromatic heterocycles. The van der Waals surface area contributed by atoms with Crippen molar-refractivity contribution in [2.45, 2.75) is 20.5 Å². The van der Waals surface area contributed by atoms with E-state index >= 15 is 0 Å². The summed E-state index contributed by atoms with van der Waals surface area (Å²) in [6.45, 7) is 3.85. The Bertz CT molecular complexity index is 1250. The molecular formula is C25H22N4O3. The van der Waals surface area contributed by atoms with Crippen LogP contribution >= 0.6 is 0 Å². The van der Waals surface area contributed by atoms with Gasteiger partial charge in [-0.2, -0.15) is 5.10 Å². The number of aryl methyl sites for hydroxylation is 1. The number of anilines is 1. The van der Waals surface area contributed by atoms with Crippen LogP contribution in [-0.2, 0) is 11.4 Å². The molecule has 4 aromatic rings. The fourth-order valence-corrected chi connectivity index (χ4v) is 3.41. The smallest absolute Gasteiger partial charge is 0.296 e. The second-order valence-electron chi connectivity index (χ2n) is 7.25. The lowest BCUT2D eigenvalue weighted by Crippen LogP contribution is -2.24. The Morgan fingerprint density at radius 2 is 1.81 bits per heavy atom. The van der Waals surface area contributed by atoms with Crippen molar-refractivity contribution in [3.63, 3.8) is 0 Å². The van der Waals surface area contributed by atoms with Crippen molar-refractivity contribution in [2.75, 3.05) is 5.32 Å². The third-order valence-corrected chi connectivity index (χ3v) is 4.95. The molecule has 2 heterocycles. The van der Waals surface area contributed by atoms with Crippen molar-refractivity contribution in [1.29, 1.82) is 0 Å². The van der Waals surface area contributed by atoms with Gasteiger partial charge in [-0.25, -0.2) is 4.68 Å². The number of ether oxygens (including phenoxy) is 1. The molecule has 0 fully saturated rings. The highest BCUT2D eigenvalue weighted by Gasteiger charge is 2.25. The van der Waals surface area contributed by atoms with Gasteiger partial charge in [0.25, 0.3) is 11.7 Å². The molecule has 0 saturated carbocycles. The molecule has 4 rings (SSSR count). The minimum absolute atomic E-state index is 0.301. The van der Waals surface area contributed by atoms with Gasteiger partial charge in [0.05, 0.1) is 22.6 Å². The highest BCUT2D eigenvalue weighted by Crippen LogP contribution is 2.21. The summed E-state index contributed by atoms with van der Waals surface area (Å²) in [5.41, 5.74) is 3.64. The van der Waals surface area contributed by atoms with Crippen molar-refractivity contribution < 1.29 is 14.3 Å². The molecule has 0 unspecified atom stereocenters. The van der Waals surface area contributed by atoms with Gasteiger partial charge in [-0.15, -0.1) is 0 Å². The van der Waals surface area contributed by atoms with E-state index in [9.17, 15) is 9.59 Å². The number of para-hydroxylation sites is 1. The van der Waals surface area contributed by atoms with Gasteiger partial charge >= 0.3 is 0 Å². The van der Waals surface area contributed by atoms with Crippen LogP contribution < -0.4 is 10.1 Å². The third-order valence-electron chi connectivity index (χ3n) is 4.95. The van der Waals surface area contributed by atoms with E-state index in [1.165, 1.54) is 0 Å². The standard InChI is InChI=1S/C25H22N4O3/c1-17-23(18(2)29(28-17)21-10-4-3-5-11-21)24(30)25(31)27-20-9-6-12-22(14-20)32-16-19-8-7-13-26-15-19/h3-15H,16H2,1-2H3,(H,27,31). The molecule has 2 aromatic carbocycles. The predicted molar refractivity (Wildman–Crippen MR) is 121 cm³/mol. The van der Waals surface area contributed by atoms with Gasteiger partial charge in [0.2, 0.25) is 0 Å². The van der Waals surface area contributed by atoms with Crippen LogP contribution in [0.1, 0.15) is 27.3 Å². The SMILES string of the molecule is Cc1nn(-c2ccccc2)c(C)c1C(=O)C(=O)Nc1cccc(OCc2cccnc2)c1. The number of benzene rings is 2. The number of ketones is 1. The van der Waals surface area contributed by atoms with Crippen molar-refractivity contribution in [3.05, 3.63) is 102 Å². The van der Waals surface area contributed by atoms with E-state index in [1.54, 1.807) is 55.2 Å². The normalized spacial score (nSPS) is 10.6. The van der Waals surface area contributed by atoms with Gasteiger partial charge in [0, 0.05) is 29.7 Å². The van der Waals surface area contributed by atoms with Crippen molar-refractivity contribution >= 4 is 17.4 Å². The number of hydrogen-bond donors (Lipinski definition) is 1. The topological polar surface area (TPSA) is 86.1 Å². The first-order valence-electron chi connectivity index (χ1n) is 10.1. The van der Waals surface area contributed by atoms with Crippen LogP contribution in [0, 0.1) is 13.8 Å². The zero-order valence-corrected chi connectivity index (χ0v) is 17.8. The molecule has 0 aliphatic carbocycles. The Labute approximate surface area is 185 Å². The fraction of sp³-hybridized carbons (Fsp3) is 0.120. The van der Waals surface area contributed by atoms with E-state index in [0.717, 1.165) is 11.3 Å². The van der Waals surface area contributed by atoms with Gasteiger partial charge in [-0.1, -0.05) is 30.3 Å². The second-order valence-corrected chi connectivity index (χ2v) is 7.25. The molecule has 160 valence electrons. The molecule has 0 spiro atoms. The zero-order chi connectivity index (χ0) is 22.5. The van der Waals surface area contributed by atoms with Crippen LogP contribution in [0.4, 0.5) is 5.69 Å². The lowest BCUT2D eigenvalue weighted by molar-refractivity contribution is -0.112. The van der Waals surface area contributed by atoms with Crippen LogP contribution in [-0.4, -0.2) is 26.5 Å². The van der Waals surface area contributed by atoms with Crippen LogP contribution in [0.3, 0.4) is 0 Å². The third kappa shape index (κ3) is 4.57. The molecule has 1 N–H and O–H groups in total. The number of Topliss-reactive ketones (excluding diaryl/α,β-unsaturated/α-hetero) is 1. The van der Waals surface area contributed by atoms with E-state index < -0.39 is 11.7 Å². The maximum Gasteiger partial charge on any atom is 0.296 e. The fourth-order valence-electron chi connectivity index (χ4n) is 3.41. The summed E-state index contributed by atoms with van der Waals surface area (Å²) in [7, 11) is 0.